The predicted octanol–water partition coefficient (Wildman–Crippen LogP) is 2.40. The number of benzene rings is 1. The minimum Gasteiger partial charge on any atom is -0.508 e. The second-order valence-corrected chi connectivity index (χ2v) is 6.18. The van der Waals surface area contributed by atoms with E-state index in [1.165, 1.54) is 24.0 Å². The van der Waals surface area contributed by atoms with Crippen molar-refractivity contribution in [1.82, 2.24) is 10.9 Å². The molecular weight excluding hydrogens is 236 g/mol. The van der Waals surface area contributed by atoms with Crippen molar-refractivity contribution in [3.8, 4) is 5.75 Å². The van der Waals surface area contributed by atoms with Crippen LogP contribution < -0.4 is 10.9 Å². The number of hydrazine groups is 1. The summed E-state index contributed by atoms with van der Waals surface area (Å²) in [7, 11) is 0. The molecule has 4 unspecified atom stereocenters. The van der Waals surface area contributed by atoms with Gasteiger partial charge in [0.25, 0.3) is 0 Å². The number of hydrogen-bond donors (Lipinski definition) is 3. The Kier molecular flexibility index (Phi) is 2.64. The van der Waals surface area contributed by atoms with Gasteiger partial charge >= 0.3 is 0 Å². The third-order valence-corrected chi connectivity index (χ3v) is 5.11. The van der Waals surface area contributed by atoms with Crippen molar-refractivity contribution < 1.29 is 5.11 Å². The van der Waals surface area contributed by atoms with Crippen molar-refractivity contribution in [2.45, 2.75) is 31.2 Å². The van der Waals surface area contributed by atoms with Gasteiger partial charge in [-0.3, -0.25) is 10.9 Å². The molecule has 1 saturated carbocycles. The maximum Gasteiger partial charge on any atom is 0.116 e. The highest BCUT2D eigenvalue weighted by molar-refractivity contribution is 5.58. The molecular formula is C16H20N2O. The van der Waals surface area contributed by atoms with Crippen molar-refractivity contribution in [2.75, 3.05) is 6.54 Å². The van der Waals surface area contributed by atoms with Crippen LogP contribution in [0.3, 0.4) is 0 Å². The molecule has 1 saturated heterocycles. The first-order valence-electron chi connectivity index (χ1n) is 7.29. The summed E-state index contributed by atoms with van der Waals surface area (Å²) in [5.74, 6) is 2.50. The van der Waals surface area contributed by atoms with E-state index in [-0.39, 0.29) is 0 Å². The first-order chi connectivity index (χ1) is 9.31. The highest BCUT2D eigenvalue weighted by Gasteiger charge is 2.40. The Balaban J connectivity index is 1.73. The lowest BCUT2D eigenvalue weighted by Crippen LogP contribution is -2.38. The van der Waals surface area contributed by atoms with Gasteiger partial charge in [0, 0.05) is 12.6 Å². The van der Waals surface area contributed by atoms with E-state index in [1.807, 2.05) is 12.1 Å². The van der Waals surface area contributed by atoms with Gasteiger partial charge in [-0.1, -0.05) is 18.2 Å². The van der Waals surface area contributed by atoms with Gasteiger partial charge in [-0.25, -0.2) is 0 Å². The second kappa shape index (κ2) is 4.36. The van der Waals surface area contributed by atoms with E-state index in [4.69, 9.17) is 0 Å². The summed E-state index contributed by atoms with van der Waals surface area (Å²) in [6.07, 6.45) is 8.15. The van der Waals surface area contributed by atoms with Crippen LogP contribution in [0.4, 0.5) is 0 Å². The van der Waals surface area contributed by atoms with E-state index in [0.29, 0.717) is 17.7 Å². The number of rotatable bonds is 0. The van der Waals surface area contributed by atoms with Gasteiger partial charge in [-0.15, -0.1) is 0 Å². The Bertz CT molecular complexity index is 525. The third-order valence-electron chi connectivity index (χ3n) is 5.11. The lowest BCUT2D eigenvalue weighted by atomic mass is 9.68. The molecule has 1 aromatic rings. The van der Waals surface area contributed by atoms with E-state index < -0.39 is 0 Å². The zero-order valence-electron chi connectivity index (χ0n) is 11.0. The van der Waals surface area contributed by atoms with Crippen molar-refractivity contribution in [2.24, 2.45) is 11.8 Å². The quantitative estimate of drug-likeness (QED) is 0.668. The maximum atomic E-state index is 9.67. The van der Waals surface area contributed by atoms with Crippen LogP contribution in [0.2, 0.25) is 0 Å². The summed E-state index contributed by atoms with van der Waals surface area (Å²) in [6, 6.07) is 6.53. The van der Waals surface area contributed by atoms with E-state index in [0.717, 1.165) is 24.8 Å². The normalized spacial score (nSPS) is 36.2. The number of nitrogens with one attached hydrogen (secondary N) is 2. The fourth-order valence-corrected chi connectivity index (χ4v) is 4.14. The highest BCUT2D eigenvalue weighted by Crippen LogP contribution is 2.46. The molecule has 1 aliphatic heterocycles. The molecule has 0 aromatic heterocycles. The molecule has 19 heavy (non-hydrogen) atoms. The average molecular weight is 256 g/mol. The van der Waals surface area contributed by atoms with E-state index in [1.54, 1.807) is 0 Å². The molecule has 3 heteroatoms. The van der Waals surface area contributed by atoms with Crippen molar-refractivity contribution >= 4 is 6.08 Å². The average Bonchev–Trinajstić information content (AvgIpc) is 2.78. The van der Waals surface area contributed by atoms with Crippen LogP contribution in [0.25, 0.3) is 6.08 Å². The summed E-state index contributed by atoms with van der Waals surface area (Å²) >= 11 is 0. The topological polar surface area (TPSA) is 44.3 Å². The van der Waals surface area contributed by atoms with Crippen LogP contribution in [0.1, 0.15) is 36.3 Å². The Labute approximate surface area is 113 Å². The fraction of sp³-hybridized carbons (Fsp3) is 0.500. The van der Waals surface area contributed by atoms with E-state index in [2.05, 4.69) is 29.1 Å². The largest absolute Gasteiger partial charge is 0.508 e. The molecule has 2 fully saturated rings. The molecule has 2 aliphatic carbocycles. The molecule has 0 radical (unpaired) electrons. The summed E-state index contributed by atoms with van der Waals surface area (Å²) in [4.78, 5) is 0. The van der Waals surface area contributed by atoms with Crippen LogP contribution >= 0.6 is 0 Å². The standard InChI is InChI=1S/C16H20N2O/c19-13-4-5-14-10(6-13)2-1-3-11-8-16-12(7-15(11)14)9-17-18-16/h1-2,4-6,11-12,15-19H,3,7-9H2. The molecule has 0 bridgehead atoms. The van der Waals surface area contributed by atoms with Crippen LogP contribution in [-0.2, 0) is 0 Å². The molecule has 100 valence electrons. The number of phenolic OH excluding ortho intramolecular Hbond substituents is 1. The van der Waals surface area contributed by atoms with Crippen molar-refractivity contribution in [3.63, 3.8) is 0 Å². The second-order valence-electron chi connectivity index (χ2n) is 6.18. The van der Waals surface area contributed by atoms with Gasteiger partial charge in [-0.05, 0) is 60.3 Å². The van der Waals surface area contributed by atoms with E-state index in [9.17, 15) is 5.11 Å². The number of phenols is 1. The number of hydrogen-bond acceptors (Lipinski definition) is 3. The van der Waals surface area contributed by atoms with Gasteiger partial charge in [-0.2, -0.15) is 0 Å². The van der Waals surface area contributed by atoms with Gasteiger partial charge in [0.1, 0.15) is 5.75 Å². The van der Waals surface area contributed by atoms with Crippen LogP contribution in [0.5, 0.6) is 5.75 Å². The molecule has 3 aliphatic rings. The number of aromatic hydroxyl groups is 1. The third kappa shape index (κ3) is 1.88. The van der Waals surface area contributed by atoms with E-state index >= 15 is 0 Å². The number of allylic oxidation sites excluding steroid dienone is 1. The molecule has 3 N–H and O–H groups in total. The Hall–Kier alpha value is -1.32. The first kappa shape index (κ1) is 11.5. The van der Waals surface area contributed by atoms with Gasteiger partial charge in [0.05, 0.1) is 0 Å². The minimum atomic E-state index is 0.375. The monoisotopic (exact) mass is 256 g/mol. The summed E-state index contributed by atoms with van der Waals surface area (Å²) in [5.41, 5.74) is 9.39. The SMILES string of the molecule is Oc1ccc2c(c1)C=CCC1CC3NNCC3CC21. The van der Waals surface area contributed by atoms with Crippen LogP contribution in [0.15, 0.2) is 24.3 Å². The van der Waals surface area contributed by atoms with Gasteiger partial charge in [0.15, 0.2) is 0 Å². The molecule has 1 heterocycles. The molecule has 4 atom stereocenters. The summed E-state index contributed by atoms with van der Waals surface area (Å²) in [5, 5.41) is 9.67. The van der Waals surface area contributed by atoms with Crippen LogP contribution in [-0.4, -0.2) is 17.7 Å². The molecule has 0 spiro atoms. The van der Waals surface area contributed by atoms with Crippen LogP contribution in [0, 0.1) is 11.8 Å². The lowest BCUT2D eigenvalue weighted by molar-refractivity contribution is 0.220. The molecule has 3 nitrogen and oxygen atoms in total. The predicted molar refractivity (Wildman–Crippen MR) is 75.6 cm³/mol. The zero-order valence-corrected chi connectivity index (χ0v) is 11.0. The number of fused-ring (bicyclic) bond motifs is 4. The lowest BCUT2D eigenvalue weighted by Gasteiger charge is -2.37. The summed E-state index contributed by atoms with van der Waals surface area (Å²) < 4.78 is 0. The molecule has 4 rings (SSSR count). The molecule has 1 aromatic carbocycles. The van der Waals surface area contributed by atoms with Gasteiger partial charge < -0.3 is 5.11 Å². The van der Waals surface area contributed by atoms with Crippen molar-refractivity contribution in [3.05, 3.63) is 35.4 Å². The minimum absolute atomic E-state index is 0.375. The highest BCUT2D eigenvalue weighted by atomic mass is 16.3. The van der Waals surface area contributed by atoms with Crippen molar-refractivity contribution in [1.29, 1.82) is 0 Å². The first-order valence-corrected chi connectivity index (χ1v) is 7.29. The Morgan fingerprint density at radius 1 is 1.16 bits per heavy atom. The Morgan fingerprint density at radius 3 is 3.05 bits per heavy atom. The summed E-state index contributed by atoms with van der Waals surface area (Å²) in [6.45, 7) is 1.09. The zero-order chi connectivity index (χ0) is 12.8. The fourth-order valence-electron chi connectivity index (χ4n) is 4.14. The smallest absolute Gasteiger partial charge is 0.116 e. The Morgan fingerprint density at radius 2 is 2.11 bits per heavy atom. The maximum absolute atomic E-state index is 9.67. The van der Waals surface area contributed by atoms with Gasteiger partial charge in [0.2, 0.25) is 0 Å². The molecule has 0 amide bonds.